The monoisotopic (exact) mass is 399 g/mol. The molecule has 1 atom stereocenters. The van der Waals surface area contributed by atoms with Gasteiger partial charge in [-0.15, -0.1) is 0 Å². The van der Waals surface area contributed by atoms with E-state index in [4.69, 9.17) is 13.9 Å². The molecule has 3 aliphatic rings. The van der Waals surface area contributed by atoms with Crippen molar-refractivity contribution < 1.29 is 18.7 Å². The fourth-order valence-electron chi connectivity index (χ4n) is 4.80. The molecule has 8 nitrogen and oxygen atoms in total. The number of piperidine rings is 1. The van der Waals surface area contributed by atoms with Gasteiger partial charge in [0.1, 0.15) is 23.0 Å². The lowest BCUT2D eigenvalue weighted by molar-refractivity contribution is -0.0962. The second-order valence-electron chi connectivity index (χ2n) is 8.15. The van der Waals surface area contributed by atoms with E-state index >= 15 is 0 Å². The number of rotatable bonds is 2. The minimum absolute atomic E-state index is 0.120. The smallest absolute Gasteiger partial charge is 0.349 e. The lowest BCUT2D eigenvalue weighted by atomic mass is 9.83. The van der Waals surface area contributed by atoms with E-state index in [0.29, 0.717) is 50.5 Å². The number of carbonyl (C=O) groups excluding carboxylic acids is 1. The maximum absolute atomic E-state index is 13.1. The molecule has 0 bridgehead atoms. The number of nitrogens with one attached hydrogen (secondary N) is 1. The SMILES string of the molecule is Cc1cc(C2CCCO2)oc(=O)c1C(=O)N1CCC2(CC1)OCCc1cn[nH]c12. The number of aromatic amines is 1. The van der Waals surface area contributed by atoms with E-state index in [1.165, 1.54) is 5.56 Å². The molecule has 2 aromatic rings. The van der Waals surface area contributed by atoms with Crippen molar-refractivity contribution in [2.45, 2.75) is 50.7 Å². The highest BCUT2D eigenvalue weighted by Crippen LogP contribution is 2.40. The number of likely N-dealkylation sites (tertiary alicyclic amines) is 1. The van der Waals surface area contributed by atoms with E-state index in [9.17, 15) is 9.59 Å². The summed E-state index contributed by atoms with van der Waals surface area (Å²) in [6.07, 6.45) is 5.66. The number of hydrogen-bond donors (Lipinski definition) is 1. The minimum atomic E-state index is -0.578. The summed E-state index contributed by atoms with van der Waals surface area (Å²) in [5.41, 5.74) is 2.00. The molecule has 1 unspecified atom stereocenters. The van der Waals surface area contributed by atoms with E-state index in [1.807, 2.05) is 6.20 Å². The Balaban J connectivity index is 1.35. The molecule has 5 heterocycles. The van der Waals surface area contributed by atoms with Gasteiger partial charge in [-0.25, -0.2) is 4.79 Å². The van der Waals surface area contributed by atoms with Crippen LogP contribution in [-0.4, -0.2) is 47.3 Å². The molecule has 1 N–H and O–H groups in total. The van der Waals surface area contributed by atoms with Crippen LogP contribution in [0.25, 0.3) is 0 Å². The van der Waals surface area contributed by atoms with Gasteiger partial charge in [-0.2, -0.15) is 5.10 Å². The molecule has 0 aromatic carbocycles. The Hall–Kier alpha value is -2.45. The number of aromatic nitrogens is 2. The molecular weight excluding hydrogens is 374 g/mol. The highest BCUT2D eigenvalue weighted by molar-refractivity contribution is 5.95. The fraction of sp³-hybridized carbons (Fsp3) is 0.571. The molecule has 5 rings (SSSR count). The van der Waals surface area contributed by atoms with Gasteiger partial charge in [0.2, 0.25) is 0 Å². The maximum atomic E-state index is 13.1. The number of ether oxygens (including phenoxy) is 2. The van der Waals surface area contributed by atoms with E-state index < -0.39 is 11.2 Å². The summed E-state index contributed by atoms with van der Waals surface area (Å²) < 4.78 is 17.2. The van der Waals surface area contributed by atoms with E-state index in [-0.39, 0.29) is 17.6 Å². The Labute approximate surface area is 168 Å². The third-order valence-electron chi connectivity index (χ3n) is 6.41. The Morgan fingerprint density at radius 3 is 2.86 bits per heavy atom. The Kier molecular flexibility index (Phi) is 4.55. The first-order chi connectivity index (χ1) is 14.1. The molecule has 3 aliphatic heterocycles. The van der Waals surface area contributed by atoms with Crippen LogP contribution in [0.3, 0.4) is 0 Å². The van der Waals surface area contributed by atoms with Crippen molar-refractivity contribution in [3.63, 3.8) is 0 Å². The lowest BCUT2D eigenvalue weighted by Gasteiger charge is -2.43. The normalized spacial score (nSPS) is 23.3. The lowest BCUT2D eigenvalue weighted by Crippen LogP contribution is -2.49. The van der Waals surface area contributed by atoms with Crippen LogP contribution in [0, 0.1) is 6.92 Å². The molecule has 2 fully saturated rings. The maximum Gasteiger partial charge on any atom is 0.349 e. The van der Waals surface area contributed by atoms with Crippen molar-refractivity contribution in [3.05, 3.63) is 50.8 Å². The highest BCUT2D eigenvalue weighted by atomic mass is 16.5. The van der Waals surface area contributed by atoms with Crippen LogP contribution in [0.5, 0.6) is 0 Å². The van der Waals surface area contributed by atoms with Crippen LogP contribution in [0.2, 0.25) is 0 Å². The predicted molar refractivity (Wildman–Crippen MR) is 103 cm³/mol. The van der Waals surface area contributed by atoms with Crippen LogP contribution in [-0.2, 0) is 21.5 Å². The summed E-state index contributed by atoms with van der Waals surface area (Å²) in [5.74, 6) is 0.243. The van der Waals surface area contributed by atoms with Gasteiger partial charge in [-0.05, 0) is 56.2 Å². The first-order valence-corrected chi connectivity index (χ1v) is 10.3. The number of amides is 1. The van der Waals surface area contributed by atoms with Crippen molar-refractivity contribution in [3.8, 4) is 0 Å². The molecule has 1 spiro atoms. The third-order valence-corrected chi connectivity index (χ3v) is 6.41. The van der Waals surface area contributed by atoms with Gasteiger partial charge in [-0.3, -0.25) is 9.89 Å². The first kappa shape index (κ1) is 18.6. The topological polar surface area (TPSA) is 97.7 Å². The zero-order chi connectivity index (χ0) is 20.0. The van der Waals surface area contributed by atoms with E-state index in [1.54, 1.807) is 17.9 Å². The molecule has 0 radical (unpaired) electrons. The van der Waals surface area contributed by atoms with E-state index in [0.717, 1.165) is 25.0 Å². The number of aryl methyl sites for hydroxylation is 1. The van der Waals surface area contributed by atoms with Gasteiger partial charge in [0.15, 0.2) is 0 Å². The summed E-state index contributed by atoms with van der Waals surface area (Å²) in [5, 5.41) is 7.26. The van der Waals surface area contributed by atoms with Gasteiger partial charge >= 0.3 is 5.63 Å². The van der Waals surface area contributed by atoms with Crippen molar-refractivity contribution in [2.24, 2.45) is 0 Å². The van der Waals surface area contributed by atoms with Crippen LogP contribution in [0.1, 0.15) is 64.7 Å². The average molecular weight is 399 g/mol. The summed E-state index contributed by atoms with van der Waals surface area (Å²) in [7, 11) is 0. The molecule has 0 aliphatic carbocycles. The van der Waals surface area contributed by atoms with Gasteiger partial charge in [0.25, 0.3) is 5.91 Å². The molecule has 2 aromatic heterocycles. The fourth-order valence-corrected chi connectivity index (χ4v) is 4.80. The molecule has 0 saturated carbocycles. The van der Waals surface area contributed by atoms with Crippen LogP contribution < -0.4 is 5.63 Å². The van der Waals surface area contributed by atoms with Crippen molar-refractivity contribution in [1.29, 1.82) is 0 Å². The summed E-state index contributed by atoms with van der Waals surface area (Å²) >= 11 is 0. The quantitative estimate of drug-likeness (QED) is 0.832. The second kappa shape index (κ2) is 7.11. The first-order valence-electron chi connectivity index (χ1n) is 10.3. The second-order valence-corrected chi connectivity index (χ2v) is 8.15. The van der Waals surface area contributed by atoms with Crippen molar-refractivity contribution in [1.82, 2.24) is 15.1 Å². The molecule has 2 saturated heterocycles. The molecule has 29 heavy (non-hydrogen) atoms. The van der Waals surface area contributed by atoms with Crippen LogP contribution >= 0.6 is 0 Å². The Morgan fingerprint density at radius 2 is 2.14 bits per heavy atom. The summed E-state index contributed by atoms with van der Waals surface area (Å²) in [6, 6.07) is 1.77. The number of hydrogen-bond acceptors (Lipinski definition) is 6. The van der Waals surface area contributed by atoms with Crippen molar-refractivity contribution >= 4 is 5.91 Å². The highest BCUT2D eigenvalue weighted by Gasteiger charge is 2.43. The van der Waals surface area contributed by atoms with Gasteiger partial charge in [0.05, 0.1) is 18.5 Å². The van der Waals surface area contributed by atoms with Gasteiger partial charge < -0.3 is 18.8 Å². The zero-order valence-corrected chi connectivity index (χ0v) is 16.5. The Morgan fingerprint density at radius 1 is 1.31 bits per heavy atom. The van der Waals surface area contributed by atoms with Crippen LogP contribution in [0.15, 0.2) is 21.5 Å². The summed E-state index contributed by atoms with van der Waals surface area (Å²) in [6.45, 7) is 4.15. The van der Waals surface area contributed by atoms with Gasteiger partial charge in [-0.1, -0.05) is 0 Å². The third kappa shape index (κ3) is 3.11. The molecule has 8 heteroatoms. The number of H-pyrrole nitrogens is 1. The molecular formula is C21H25N3O5. The molecule has 1 amide bonds. The number of carbonyl (C=O) groups is 1. The zero-order valence-electron chi connectivity index (χ0n) is 16.5. The predicted octanol–water partition coefficient (Wildman–Crippen LogP) is 2.23. The standard InChI is InChI=1S/C21H25N3O5/c1-13-11-16(15-3-2-9-27-15)29-20(26)17(13)19(25)24-7-5-21(6-8-24)18-14(4-10-28-21)12-22-23-18/h11-12,15H,2-10H2,1H3,(H,22,23). The van der Waals surface area contributed by atoms with E-state index in [2.05, 4.69) is 10.2 Å². The minimum Gasteiger partial charge on any atom is -0.424 e. The van der Waals surface area contributed by atoms with Gasteiger partial charge in [0, 0.05) is 19.7 Å². The average Bonchev–Trinajstić information content (AvgIpc) is 3.41. The van der Waals surface area contributed by atoms with Crippen molar-refractivity contribution in [2.75, 3.05) is 26.3 Å². The largest absolute Gasteiger partial charge is 0.424 e. The molecule has 154 valence electrons. The summed E-state index contributed by atoms with van der Waals surface area (Å²) in [4.78, 5) is 27.5. The Bertz CT molecular complexity index is 980. The number of nitrogens with zero attached hydrogens (tertiary/aromatic N) is 2. The number of fused-ring (bicyclic) bond motifs is 2. The van der Waals surface area contributed by atoms with Crippen LogP contribution in [0.4, 0.5) is 0 Å².